The molecule has 0 saturated carbocycles. The van der Waals surface area contributed by atoms with Crippen molar-refractivity contribution in [1.29, 1.82) is 5.26 Å². The van der Waals surface area contributed by atoms with Gasteiger partial charge in [0.15, 0.2) is 0 Å². The van der Waals surface area contributed by atoms with Crippen molar-refractivity contribution in [2.45, 2.75) is 6.42 Å². The highest BCUT2D eigenvalue weighted by molar-refractivity contribution is 5.82. The van der Waals surface area contributed by atoms with E-state index in [2.05, 4.69) is 53.9 Å². The number of nitriles is 1. The van der Waals surface area contributed by atoms with Gasteiger partial charge in [-0.05, 0) is 29.3 Å². The molecule has 0 atom stereocenters. The average molecular weight is 266 g/mol. The summed E-state index contributed by atoms with van der Waals surface area (Å²) in [5.74, 6) is 0. The normalized spacial score (nSPS) is 16.6. The van der Waals surface area contributed by atoms with Crippen LogP contribution >= 0.6 is 0 Å². The zero-order valence-corrected chi connectivity index (χ0v) is 11.4. The maximum atomic E-state index is 9.10. The third kappa shape index (κ3) is 2.67. The number of hydrogen-bond donors (Lipinski definition) is 1. The van der Waals surface area contributed by atoms with Gasteiger partial charge in [0.2, 0.25) is 0 Å². The monoisotopic (exact) mass is 266 g/mol. The molecule has 1 heterocycles. The first-order valence-corrected chi connectivity index (χ1v) is 6.99. The van der Waals surface area contributed by atoms with Gasteiger partial charge in [-0.25, -0.2) is 0 Å². The van der Waals surface area contributed by atoms with Gasteiger partial charge >= 0.3 is 0 Å². The molecule has 20 heavy (non-hydrogen) atoms. The molecular formula is C17H18N2O. The standard InChI is InChI=1S/C17H18N2O/c18-10-17(12-20-13-17)11-19-8-7-14-5-6-15-3-1-2-4-16(15)9-14/h1-6,9,19H,7-8,11-13H2. The fraction of sp³-hybridized carbons (Fsp3) is 0.353. The molecule has 0 unspecified atom stereocenters. The van der Waals surface area contributed by atoms with E-state index in [1.807, 2.05) is 0 Å². The van der Waals surface area contributed by atoms with Crippen LogP contribution in [0.15, 0.2) is 42.5 Å². The molecule has 0 bridgehead atoms. The lowest BCUT2D eigenvalue weighted by molar-refractivity contribution is -0.0752. The van der Waals surface area contributed by atoms with Gasteiger partial charge in [0.05, 0.1) is 19.3 Å². The van der Waals surface area contributed by atoms with Gasteiger partial charge in [-0.3, -0.25) is 0 Å². The van der Waals surface area contributed by atoms with Gasteiger partial charge in [0.1, 0.15) is 5.41 Å². The van der Waals surface area contributed by atoms with Crippen LogP contribution in [0.2, 0.25) is 0 Å². The zero-order valence-electron chi connectivity index (χ0n) is 11.4. The van der Waals surface area contributed by atoms with Crippen molar-refractivity contribution in [3.05, 3.63) is 48.0 Å². The Morgan fingerprint density at radius 2 is 1.95 bits per heavy atom. The number of benzene rings is 2. The van der Waals surface area contributed by atoms with Crippen LogP contribution in [0.1, 0.15) is 5.56 Å². The van der Waals surface area contributed by atoms with Crippen molar-refractivity contribution in [3.8, 4) is 6.07 Å². The quantitative estimate of drug-likeness (QED) is 0.846. The summed E-state index contributed by atoms with van der Waals surface area (Å²) in [5, 5.41) is 15.0. The van der Waals surface area contributed by atoms with E-state index in [1.165, 1.54) is 16.3 Å². The lowest BCUT2D eigenvalue weighted by atomic mass is 9.88. The summed E-state index contributed by atoms with van der Waals surface area (Å²) in [6, 6.07) is 17.3. The van der Waals surface area contributed by atoms with Crippen LogP contribution < -0.4 is 5.32 Å². The molecule has 3 rings (SSSR count). The van der Waals surface area contributed by atoms with Gasteiger partial charge in [-0.2, -0.15) is 5.26 Å². The lowest BCUT2D eigenvalue weighted by Gasteiger charge is -2.35. The summed E-state index contributed by atoms with van der Waals surface area (Å²) < 4.78 is 5.13. The minimum Gasteiger partial charge on any atom is -0.378 e. The molecule has 0 aliphatic carbocycles. The molecule has 1 saturated heterocycles. The fourth-order valence-corrected chi connectivity index (χ4v) is 2.51. The third-order valence-corrected chi connectivity index (χ3v) is 3.86. The van der Waals surface area contributed by atoms with Gasteiger partial charge in [0.25, 0.3) is 0 Å². The summed E-state index contributed by atoms with van der Waals surface area (Å²) in [6.45, 7) is 2.73. The Kier molecular flexibility index (Phi) is 3.68. The second-order valence-electron chi connectivity index (χ2n) is 5.49. The number of nitrogens with zero attached hydrogens (tertiary/aromatic N) is 1. The number of ether oxygens (including phenoxy) is 1. The van der Waals surface area contributed by atoms with E-state index < -0.39 is 0 Å². The summed E-state index contributed by atoms with van der Waals surface area (Å²) in [6.07, 6.45) is 0.979. The van der Waals surface area contributed by atoms with E-state index >= 15 is 0 Å². The Bertz CT molecular complexity index is 641. The van der Waals surface area contributed by atoms with Gasteiger partial charge in [0, 0.05) is 6.54 Å². The van der Waals surface area contributed by atoms with Crippen molar-refractivity contribution < 1.29 is 4.74 Å². The Balaban J connectivity index is 1.54. The molecule has 2 aromatic rings. The van der Waals surface area contributed by atoms with Crippen LogP contribution in [0.4, 0.5) is 0 Å². The van der Waals surface area contributed by atoms with E-state index in [0.29, 0.717) is 13.2 Å². The Morgan fingerprint density at radius 3 is 2.65 bits per heavy atom. The molecular weight excluding hydrogens is 248 g/mol. The highest BCUT2D eigenvalue weighted by Gasteiger charge is 2.38. The predicted molar refractivity (Wildman–Crippen MR) is 79.4 cm³/mol. The second kappa shape index (κ2) is 5.62. The Labute approximate surface area is 119 Å². The number of hydrogen-bond acceptors (Lipinski definition) is 3. The SMILES string of the molecule is N#CC1(CNCCc2ccc3ccccc3c2)COC1. The van der Waals surface area contributed by atoms with E-state index in [1.54, 1.807) is 0 Å². The van der Waals surface area contributed by atoms with Crippen molar-refractivity contribution in [2.75, 3.05) is 26.3 Å². The smallest absolute Gasteiger partial charge is 0.116 e. The van der Waals surface area contributed by atoms with Crippen molar-refractivity contribution in [1.82, 2.24) is 5.32 Å². The molecule has 0 radical (unpaired) electrons. The largest absolute Gasteiger partial charge is 0.378 e. The molecule has 2 aromatic carbocycles. The van der Waals surface area contributed by atoms with Crippen LogP contribution in [-0.2, 0) is 11.2 Å². The van der Waals surface area contributed by atoms with Crippen molar-refractivity contribution in [2.24, 2.45) is 5.41 Å². The van der Waals surface area contributed by atoms with Gasteiger partial charge in [-0.15, -0.1) is 0 Å². The molecule has 102 valence electrons. The molecule has 1 fully saturated rings. The van der Waals surface area contributed by atoms with Crippen molar-refractivity contribution in [3.63, 3.8) is 0 Å². The van der Waals surface area contributed by atoms with Crippen LogP contribution in [0, 0.1) is 16.7 Å². The summed E-state index contributed by atoms with van der Waals surface area (Å²) in [4.78, 5) is 0. The number of fused-ring (bicyclic) bond motifs is 1. The average Bonchev–Trinajstić information content (AvgIpc) is 2.46. The first-order chi connectivity index (χ1) is 9.81. The molecule has 0 aromatic heterocycles. The molecule has 1 N–H and O–H groups in total. The maximum absolute atomic E-state index is 9.10. The van der Waals surface area contributed by atoms with E-state index in [4.69, 9.17) is 10.00 Å². The van der Waals surface area contributed by atoms with E-state index in [0.717, 1.165) is 19.5 Å². The van der Waals surface area contributed by atoms with Crippen molar-refractivity contribution >= 4 is 10.8 Å². The summed E-state index contributed by atoms with van der Waals surface area (Å²) in [7, 11) is 0. The first kappa shape index (κ1) is 13.1. The summed E-state index contributed by atoms with van der Waals surface area (Å²) in [5.41, 5.74) is 1.04. The molecule has 3 heteroatoms. The van der Waals surface area contributed by atoms with E-state index in [-0.39, 0.29) is 5.41 Å². The highest BCUT2D eigenvalue weighted by Crippen LogP contribution is 2.25. The fourth-order valence-electron chi connectivity index (χ4n) is 2.51. The molecule has 0 spiro atoms. The lowest BCUT2D eigenvalue weighted by Crippen LogP contribution is -2.48. The number of nitrogens with one attached hydrogen (secondary N) is 1. The minimum atomic E-state index is -0.288. The van der Waals surface area contributed by atoms with E-state index in [9.17, 15) is 0 Å². The Hall–Kier alpha value is -1.89. The van der Waals surface area contributed by atoms with Crippen LogP contribution in [0.3, 0.4) is 0 Å². The Morgan fingerprint density at radius 1 is 1.15 bits per heavy atom. The van der Waals surface area contributed by atoms with Crippen LogP contribution in [0.5, 0.6) is 0 Å². The third-order valence-electron chi connectivity index (χ3n) is 3.86. The van der Waals surface area contributed by atoms with Crippen LogP contribution in [0.25, 0.3) is 10.8 Å². The molecule has 0 amide bonds. The number of rotatable bonds is 5. The maximum Gasteiger partial charge on any atom is 0.116 e. The second-order valence-corrected chi connectivity index (χ2v) is 5.49. The molecule has 1 aliphatic rings. The van der Waals surface area contributed by atoms with Gasteiger partial charge < -0.3 is 10.1 Å². The van der Waals surface area contributed by atoms with Crippen LogP contribution in [-0.4, -0.2) is 26.3 Å². The summed E-state index contributed by atoms with van der Waals surface area (Å²) >= 11 is 0. The first-order valence-electron chi connectivity index (χ1n) is 6.99. The molecule has 1 aliphatic heterocycles. The minimum absolute atomic E-state index is 0.288. The molecule has 3 nitrogen and oxygen atoms in total. The predicted octanol–water partition coefficient (Wildman–Crippen LogP) is 2.51. The highest BCUT2D eigenvalue weighted by atomic mass is 16.5. The topological polar surface area (TPSA) is 45.0 Å². The van der Waals surface area contributed by atoms with Gasteiger partial charge in [-0.1, -0.05) is 42.5 Å². The zero-order chi connectivity index (χ0) is 13.8.